The highest BCUT2D eigenvalue weighted by molar-refractivity contribution is 6.35. The van der Waals surface area contributed by atoms with Gasteiger partial charge in [-0.05, 0) is 41.1 Å². The van der Waals surface area contributed by atoms with E-state index in [0.717, 1.165) is 10.8 Å². The quantitative estimate of drug-likeness (QED) is 0.367. The minimum atomic E-state index is -0.710. The van der Waals surface area contributed by atoms with Crippen molar-refractivity contribution < 1.29 is 9.21 Å². The molecule has 1 heterocycles. The van der Waals surface area contributed by atoms with E-state index < -0.39 is 11.5 Å². The van der Waals surface area contributed by atoms with Crippen LogP contribution in [0.4, 0.5) is 5.69 Å². The third-order valence-corrected chi connectivity index (χ3v) is 4.44. The molecule has 1 aromatic heterocycles. The lowest BCUT2D eigenvalue weighted by Gasteiger charge is -2.07. The average Bonchev–Trinajstić information content (AvgIpc) is 2.60. The summed E-state index contributed by atoms with van der Waals surface area (Å²) in [6.45, 7) is 0. The molecule has 0 radical (unpaired) electrons. The zero-order chi connectivity index (χ0) is 18.3. The van der Waals surface area contributed by atoms with Crippen LogP contribution in [0.5, 0.6) is 0 Å². The Hall–Kier alpha value is -2.82. The Morgan fingerprint density at radius 3 is 2.38 bits per heavy atom. The molecule has 0 aliphatic carbocycles. The van der Waals surface area contributed by atoms with Gasteiger partial charge in [0.2, 0.25) is 0 Å². The number of carbonyl (C=O) groups excluding carboxylic acids is 1. The van der Waals surface area contributed by atoms with Crippen LogP contribution < -0.4 is 10.9 Å². The van der Waals surface area contributed by atoms with E-state index in [0.29, 0.717) is 26.7 Å². The minimum absolute atomic E-state index is 0.0926. The normalized spacial score (nSPS) is 11.0. The van der Waals surface area contributed by atoms with E-state index in [-0.39, 0.29) is 5.56 Å². The van der Waals surface area contributed by atoms with Gasteiger partial charge in [0.05, 0.1) is 0 Å². The fourth-order valence-corrected chi connectivity index (χ4v) is 3.38. The van der Waals surface area contributed by atoms with Crippen molar-refractivity contribution in [3.05, 3.63) is 86.7 Å². The van der Waals surface area contributed by atoms with Crippen LogP contribution in [0, 0.1) is 0 Å². The van der Waals surface area contributed by atoms with Gasteiger partial charge >= 0.3 is 5.63 Å². The zero-order valence-corrected chi connectivity index (χ0v) is 14.8. The molecular formula is C20H11Cl2NO3. The Morgan fingerprint density at radius 1 is 0.885 bits per heavy atom. The van der Waals surface area contributed by atoms with Crippen LogP contribution in [-0.2, 0) is 0 Å². The van der Waals surface area contributed by atoms with Crippen molar-refractivity contribution >= 4 is 56.5 Å². The lowest BCUT2D eigenvalue weighted by Crippen LogP contribution is -2.20. The Morgan fingerprint density at radius 2 is 1.62 bits per heavy atom. The van der Waals surface area contributed by atoms with E-state index >= 15 is 0 Å². The summed E-state index contributed by atoms with van der Waals surface area (Å²) in [7, 11) is 0. The molecule has 4 aromatic rings. The number of anilines is 1. The van der Waals surface area contributed by atoms with Gasteiger partial charge in [-0.3, -0.25) is 4.79 Å². The topological polar surface area (TPSA) is 59.3 Å². The van der Waals surface area contributed by atoms with Gasteiger partial charge in [-0.1, -0.05) is 53.5 Å². The molecule has 128 valence electrons. The molecular weight excluding hydrogens is 373 g/mol. The van der Waals surface area contributed by atoms with Crippen LogP contribution in [0.3, 0.4) is 0 Å². The second-order valence-corrected chi connectivity index (χ2v) is 6.63. The molecule has 0 saturated carbocycles. The van der Waals surface area contributed by atoms with E-state index in [1.54, 1.807) is 30.3 Å². The third kappa shape index (κ3) is 3.05. The lowest BCUT2D eigenvalue weighted by molar-refractivity contribution is 0.102. The summed E-state index contributed by atoms with van der Waals surface area (Å²) in [6.07, 6.45) is 0. The Bertz CT molecular complexity index is 1210. The van der Waals surface area contributed by atoms with Gasteiger partial charge in [0.15, 0.2) is 0 Å². The van der Waals surface area contributed by atoms with Crippen LogP contribution in [0.2, 0.25) is 10.0 Å². The second-order valence-electron chi connectivity index (χ2n) is 5.76. The van der Waals surface area contributed by atoms with Crippen LogP contribution in [0.15, 0.2) is 69.9 Å². The predicted octanol–water partition coefficient (Wildman–Crippen LogP) is 5.51. The highest BCUT2D eigenvalue weighted by Gasteiger charge is 2.15. The largest absolute Gasteiger partial charge is 0.422 e. The number of nitrogens with one attached hydrogen (secondary N) is 1. The fourth-order valence-electron chi connectivity index (χ4n) is 2.85. The molecule has 0 bridgehead atoms. The molecule has 26 heavy (non-hydrogen) atoms. The highest BCUT2D eigenvalue weighted by atomic mass is 35.5. The molecule has 0 fully saturated rings. The van der Waals surface area contributed by atoms with E-state index in [9.17, 15) is 9.59 Å². The van der Waals surface area contributed by atoms with Crippen LogP contribution >= 0.6 is 23.2 Å². The second kappa shape index (κ2) is 6.48. The molecule has 4 rings (SSSR count). The van der Waals surface area contributed by atoms with Crippen molar-refractivity contribution in [1.82, 2.24) is 0 Å². The maximum atomic E-state index is 12.6. The molecule has 0 atom stereocenters. The summed E-state index contributed by atoms with van der Waals surface area (Å²) in [6, 6.07) is 17.5. The maximum Gasteiger partial charge on any atom is 0.349 e. The first-order valence-corrected chi connectivity index (χ1v) is 8.50. The summed E-state index contributed by atoms with van der Waals surface area (Å²) in [5.74, 6) is -0.591. The van der Waals surface area contributed by atoms with E-state index in [1.807, 2.05) is 30.3 Å². The first kappa shape index (κ1) is 16.6. The zero-order valence-electron chi connectivity index (χ0n) is 13.3. The Balaban J connectivity index is 1.82. The highest BCUT2D eigenvalue weighted by Crippen LogP contribution is 2.26. The van der Waals surface area contributed by atoms with Gasteiger partial charge in [0.25, 0.3) is 5.91 Å². The summed E-state index contributed by atoms with van der Waals surface area (Å²) in [5.41, 5.74) is 0.0179. The Labute approximate surface area is 158 Å². The maximum absolute atomic E-state index is 12.6. The molecule has 0 saturated heterocycles. The molecule has 1 amide bonds. The predicted molar refractivity (Wildman–Crippen MR) is 104 cm³/mol. The molecule has 6 heteroatoms. The number of carbonyl (C=O) groups is 1. The van der Waals surface area contributed by atoms with Crippen molar-refractivity contribution in [3.8, 4) is 0 Å². The van der Waals surface area contributed by atoms with Gasteiger partial charge in [0.1, 0.15) is 11.1 Å². The van der Waals surface area contributed by atoms with Crippen molar-refractivity contribution in [2.75, 3.05) is 5.32 Å². The van der Waals surface area contributed by atoms with Crippen LogP contribution in [-0.4, -0.2) is 5.91 Å². The number of rotatable bonds is 2. The number of hydrogen-bond donors (Lipinski definition) is 1. The number of hydrogen-bond acceptors (Lipinski definition) is 3. The van der Waals surface area contributed by atoms with Gasteiger partial charge in [-0.2, -0.15) is 0 Å². The SMILES string of the molecule is O=C(Nc1cc(Cl)cc(Cl)c1)c1cc2c(ccc3ccccc32)oc1=O. The number of amides is 1. The van der Waals surface area contributed by atoms with Crippen molar-refractivity contribution in [2.45, 2.75) is 0 Å². The number of benzene rings is 3. The molecule has 4 nitrogen and oxygen atoms in total. The van der Waals surface area contributed by atoms with Gasteiger partial charge < -0.3 is 9.73 Å². The first-order chi connectivity index (χ1) is 12.5. The summed E-state index contributed by atoms with van der Waals surface area (Å²) in [4.78, 5) is 24.8. The molecule has 1 N–H and O–H groups in total. The minimum Gasteiger partial charge on any atom is -0.422 e. The van der Waals surface area contributed by atoms with Gasteiger partial charge in [-0.25, -0.2) is 4.79 Å². The molecule has 3 aromatic carbocycles. The lowest BCUT2D eigenvalue weighted by atomic mass is 10.0. The number of halogens is 2. The van der Waals surface area contributed by atoms with Crippen LogP contribution in [0.25, 0.3) is 21.7 Å². The molecule has 0 unspecified atom stereocenters. The van der Waals surface area contributed by atoms with Crippen LogP contribution in [0.1, 0.15) is 10.4 Å². The number of fused-ring (bicyclic) bond motifs is 3. The van der Waals surface area contributed by atoms with E-state index in [1.165, 1.54) is 0 Å². The van der Waals surface area contributed by atoms with Crippen molar-refractivity contribution in [3.63, 3.8) is 0 Å². The molecule has 0 spiro atoms. The standard InChI is InChI=1S/C20H11Cl2NO3/c21-12-7-13(22)9-14(8-12)23-19(24)17-10-16-15-4-2-1-3-11(15)5-6-18(16)26-20(17)25/h1-10H,(H,23,24). The smallest absolute Gasteiger partial charge is 0.349 e. The van der Waals surface area contributed by atoms with Crippen molar-refractivity contribution in [1.29, 1.82) is 0 Å². The third-order valence-electron chi connectivity index (χ3n) is 4.01. The van der Waals surface area contributed by atoms with Gasteiger partial charge in [-0.15, -0.1) is 0 Å². The van der Waals surface area contributed by atoms with E-state index in [2.05, 4.69) is 5.32 Å². The Kier molecular flexibility index (Phi) is 4.15. The van der Waals surface area contributed by atoms with E-state index in [4.69, 9.17) is 27.6 Å². The van der Waals surface area contributed by atoms with Crippen molar-refractivity contribution in [2.24, 2.45) is 0 Å². The van der Waals surface area contributed by atoms with Gasteiger partial charge in [0, 0.05) is 21.1 Å². The first-order valence-electron chi connectivity index (χ1n) is 7.74. The fraction of sp³-hybridized carbons (Fsp3) is 0. The molecule has 0 aliphatic heterocycles. The summed E-state index contributed by atoms with van der Waals surface area (Å²) < 4.78 is 5.34. The summed E-state index contributed by atoms with van der Waals surface area (Å²) >= 11 is 11.9. The summed E-state index contributed by atoms with van der Waals surface area (Å²) in [5, 5.41) is 5.96. The monoisotopic (exact) mass is 383 g/mol. The average molecular weight is 384 g/mol. The molecule has 0 aliphatic rings.